The van der Waals surface area contributed by atoms with Crippen LogP contribution in [0.15, 0.2) is 22.7 Å². The Morgan fingerprint density at radius 1 is 1.30 bits per heavy atom. The lowest BCUT2D eigenvalue weighted by Crippen LogP contribution is -2.39. The molecular weight excluding hydrogens is 358 g/mol. The first-order chi connectivity index (χ1) is 11.1. The number of rotatable bonds is 2. The van der Waals surface area contributed by atoms with Crippen LogP contribution in [0.4, 0.5) is 0 Å². The number of hydrogen-bond donors (Lipinski definition) is 0. The van der Waals surface area contributed by atoms with Crippen molar-refractivity contribution in [2.75, 3.05) is 13.6 Å². The van der Waals surface area contributed by atoms with Gasteiger partial charge in [-0.3, -0.25) is 9.59 Å². The van der Waals surface area contributed by atoms with Gasteiger partial charge in [-0.1, -0.05) is 28.1 Å². The standard InChI is InChI=1S/C18H22BrNO3/c1-20-10-9-12(11-17(20)21)18(22)23-16-8-3-2-5-13-14(16)6-4-7-15(13)19/h4,6-7,12,16H,2-3,5,8-11H2,1H3. The largest absolute Gasteiger partial charge is 0.457 e. The molecule has 2 atom stereocenters. The minimum Gasteiger partial charge on any atom is -0.457 e. The van der Waals surface area contributed by atoms with E-state index in [2.05, 4.69) is 22.0 Å². The van der Waals surface area contributed by atoms with Crippen molar-refractivity contribution in [3.8, 4) is 0 Å². The van der Waals surface area contributed by atoms with Crippen LogP contribution in [-0.2, 0) is 20.7 Å². The monoisotopic (exact) mass is 379 g/mol. The van der Waals surface area contributed by atoms with E-state index in [1.54, 1.807) is 11.9 Å². The summed E-state index contributed by atoms with van der Waals surface area (Å²) in [6.45, 7) is 0.630. The third-order valence-electron chi connectivity index (χ3n) is 4.90. The SMILES string of the molecule is CN1CCC(C(=O)OC2CCCCc3c(Br)cccc32)CC1=O. The lowest BCUT2D eigenvalue weighted by atomic mass is 9.96. The number of piperidine rings is 1. The van der Waals surface area contributed by atoms with E-state index >= 15 is 0 Å². The third-order valence-corrected chi connectivity index (χ3v) is 5.64. The van der Waals surface area contributed by atoms with Crippen LogP contribution in [-0.4, -0.2) is 30.4 Å². The van der Waals surface area contributed by atoms with Crippen molar-refractivity contribution in [1.29, 1.82) is 0 Å². The lowest BCUT2D eigenvalue weighted by Gasteiger charge is -2.29. The minimum absolute atomic E-state index is 0.0298. The third kappa shape index (κ3) is 3.60. The van der Waals surface area contributed by atoms with Gasteiger partial charge in [0.05, 0.1) is 5.92 Å². The van der Waals surface area contributed by atoms with Crippen molar-refractivity contribution in [1.82, 2.24) is 4.90 Å². The van der Waals surface area contributed by atoms with E-state index < -0.39 is 0 Å². The quantitative estimate of drug-likeness (QED) is 0.582. The second-order valence-electron chi connectivity index (χ2n) is 6.48. The number of nitrogens with zero attached hydrogens (tertiary/aromatic N) is 1. The van der Waals surface area contributed by atoms with E-state index in [1.807, 2.05) is 12.1 Å². The number of likely N-dealkylation sites (tertiary alicyclic amines) is 1. The molecule has 1 aliphatic heterocycles. The molecule has 4 nitrogen and oxygen atoms in total. The molecule has 1 aliphatic carbocycles. The number of benzene rings is 1. The fourth-order valence-electron chi connectivity index (χ4n) is 3.43. The second kappa shape index (κ2) is 7.04. The molecule has 5 heteroatoms. The van der Waals surface area contributed by atoms with Gasteiger partial charge in [-0.25, -0.2) is 0 Å². The molecule has 1 amide bonds. The molecule has 2 unspecified atom stereocenters. The summed E-state index contributed by atoms with van der Waals surface area (Å²) in [5.41, 5.74) is 2.37. The summed E-state index contributed by atoms with van der Waals surface area (Å²) >= 11 is 3.61. The smallest absolute Gasteiger partial charge is 0.310 e. The van der Waals surface area contributed by atoms with E-state index in [0.29, 0.717) is 13.0 Å². The number of carbonyl (C=O) groups excluding carboxylic acids is 2. The van der Waals surface area contributed by atoms with E-state index in [9.17, 15) is 9.59 Å². The highest BCUT2D eigenvalue weighted by molar-refractivity contribution is 9.10. The van der Waals surface area contributed by atoms with Crippen molar-refractivity contribution in [2.45, 2.75) is 44.6 Å². The first kappa shape index (κ1) is 16.5. The molecular formula is C18H22BrNO3. The molecule has 1 aromatic carbocycles. The average Bonchev–Trinajstić information content (AvgIpc) is 2.74. The average molecular weight is 380 g/mol. The molecule has 0 bridgehead atoms. The minimum atomic E-state index is -0.294. The van der Waals surface area contributed by atoms with E-state index in [1.165, 1.54) is 5.56 Å². The molecule has 0 aromatic heterocycles. The highest BCUT2D eigenvalue weighted by Gasteiger charge is 2.32. The molecule has 1 aromatic rings. The molecule has 0 radical (unpaired) electrons. The van der Waals surface area contributed by atoms with E-state index in [4.69, 9.17) is 4.74 Å². The molecule has 3 rings (SSSR count). The molecule has 2 aliphatic rings. The van der Waals surface area contributed by atoms with Crippen LogP contribution >= 0.6 is 15.9 Å². The van der Waals surface area contributed by atoms with Gasteiger partial charge in [0, 0.05) is 24.5 Å². The van der Waals surface area contributed by atoms with Gasteiger partial charge in [0.2, 0.25) is 5.91 Å². The number of amides is 1. The molecule has 124 valence electrons. The highest BCUT2D eigenvalue weighted by atomic mass is 79.9. The number of ether oxygens (including phenoxy) is 1. The fourth-order valence-corrected chi connectivity index (χ4v) is 4.01. The first-order valence-corrected chi connectivity index (χ1v) is 9.07. The maximum Gasteiger partial charge on any atom is 0.310 e. The Labute approximate surface area is 145 Å². The van der Waals surface area contributed by atoms with Gasteiger partial charge >= 0.3 is 5.97 Å². The van der Waals surface area contributed by atoms with Crippen LogP contribution in [0, 0.1) is 5.92 Å². The van der Waals surface area contributed by atoms with E-state index in [0.717, 1.165) is 35.7 Å². The summed E-state index contributed by atoms with van der Waals surface area (Å²) in [5, 5.41) is 0. The molecule has 0 N–H and O–H groups in total. The van der Waals surface area contributed by atoms with Crippen molar-refractivity contribution >= 4 is 27.8 Å². The summed E-state index contributed by atoms with van der Waals surface area (Å²) in [5.74, 6) is -0.482. The lowest BCUT2D eigenvalue weighted by molar-refractivity contribution is -0.159. The number of carbonyl (C=O) groups is 2. The Balaban J connectivity index is 1.74. The van der Waals surface area contributed by atoms with Gasteiger partial charge in [-0.15, -0.1) is 0 Å². The number of hydrogen-bond acceptors (Lipinski definition) is 3. The second-order valence-corrected chi connectivity index (χ2v) is 7.34. The van der Waals surface area contributed by atoms with Crippen LogP contribution in [0.2, 0.25) is 0 Å². The van der Waals surface area contributed by atoms with Crippen molar-refractivity contribution in [3.05, 3.63) is 33.8 Å². The zero-order valence-corrected chi connectivity index (χ0v) is 15.0. The van der Waals surface area contributed by atoms with Gasteiger partial charge in [-0.2, -0.15) is 0 Å². The Hall–Kier alpha value is -1.36. The Morgan fingerprint density at radius 2 is 2.13 bits per heavy atom. The number of halogens is 1. The van der Waals surface area contributed by atoms with E-state index in [-0.39, 0.29) is 30.3 Å². The summed E-state index contributed by atoms with van der Waals surface area (Å²) in [4.78, 5) is 26.0. The maximum absolute atomic E-state index is 12.5. The molecule has 1 heterocycles. The zero-order valence-electron chi connectivity index (χ0n) is 13.4. The van der Waals surface area contributed by atoms with Crippen LogP contribution in [0.3, 0.4) is 0 Å². The number of esters is 1. The fraction of sp³-hybridized carbons (Fsp3) is 0.556. The molecule has 0 spiro atoms. The maximum atomic E-state index is 12.5. The van der Waals surface area contributed by atoms with Crippen molar-refractivity contribution < 1.29 is 14.3 Å². The molecule has 1 saturated heterocycles. The Bertz CT molecular complexity index is 616. The van der Waals surface area contributed by atoms with Crippen molar-refractivity contribution in [3.63, 3.8) is 0 Å². The van der Waals surface area contributed by atoms with Crippen LogP contribution in [0.25, 0.3) is 0 Å². The summed E-state index contributed by atoms with van der Waals surface area (Å²) in [6, 6.07) is 6.09. The van der Waals surface area contributed by atoms with Crippen LogP contribution in [0.5, 0.6) is 0 Å². The summed E-state index contributed by atoms with van der Waals surface area (Å²) < 4.78 is 6.94. The Kier molecular flexibility index (Phi) is 5.05. The molecule has 23 heavy (non-hydrogen) atoms. The summed E-state index contributed by atoms with van der Waals surface area (Å²) in [7, 11) is 1.78. The summed E-state index contributed by atoms with van der Waals surface area (Å²) in [6.07, 6.45) is 4.80. The van der Waals surface area contributed by atoms with Gasteiger partial charge in [-0.05, 0) is 49.3 Å². The molecule has 1 fully saturated rings. The van der Waals surface area contributed by atoms with Gasteiger partial charge in [0.1, 0.15) is 6.10 Å². The van der Waals surface area contributed by atoms with Gasteiger partial charge in [0.25, 0.3) is 0 Å². The number of fused-ring (bicyclic) bond motifs is 1. The highest BCUT2D eigenvalue weighted by Crippen LogP contribution is 2.36. The predicted octanol–water partition coefficient (Wildman–Crippen LogP) is 3.63. The van der Waals surface area contributed by atoms with Gasteiger partial charge < -0.3 is 9.64 Å². The van der Waals surface area contributed by atoms with Crippen LogP contribution in [0.1, 0.15) is 49.3 Å². The first-order valence-electron chi connectivity index (χ1n) is 8.28. The topological polar surface area (TPSA) is 46.6 Å². The van der Waals surface area contributed by atoms with Crippen LogP contribution < -0.4 is 0 Å². The zero-order chi connectivity index (χ0) is 16.4. The van der Waals surface area contributed by atoms with Gasteiger partial charge in [0.15, 0.2) is 0 Å². The predicted molar refractivity (Wildman–Crippen MR) is 90.9 cm³/mol. The Morgan fingerprint density at radius 3 is 2.91 bits per heavy atom. The normalized spacial score (nSPS) is 24.8. The molecule has 0 saturated carbocycles. The van der Waals surface area contributed by atoms with Crippen molar-refractivity contribution in [2.24, 2.45) is 5.92 Å².